The fourth-order valence-corrected chi connectivity index (χ4v) is 5.62. The Morgan fingerprint density at radius 1 is 1.18 bits per heavy atom. The molecule has 1 amide bonds. The largest absolute Gasteiger partial charge is 0.384 e. The minimum Gasteiger partial charge on any atom is -0.384 e. The summed E-state index contributed by atoms with van der Waals surface area (Å²) in [4.78, 5) is 15.6. The zero-order chi connectivity index (χ0) is 20.0. The van der Waals surface area contributed by atoms with Gasteiger partial charge in [-0.15, -0.1) is 0 Å². The average Bonchev–Trinajstić information content (AvgIpc) is 3.05. The van der Waals surface area contributed by atoms with E-state index in [4.69, 9.17) is 0 Å². The lowest BCUT2D eigenvalue weighted by atomic mass is 9.75. The Kier molecular flexibility index (Phi) is 5.26. The quantitative estimate of drug-likeness (QED) is 0.802. The van der Waals surface area contributed by atoms with Crippen LogP contribution in [0.25, 0.3) is 5.57 Å². The summed E-state index contributed by atoms with van der Waals surface area (Å²) in [6.45, 7) is 12.7. The molecule has 0 bridgehead atoms. The molecular weight excluding hydrogens is 346 g/mol. The number of nitrogens with zero attached hydrogens (tertiary/aromatic N) is 1. The van der Waals surface area contributed by atoms with Crippen LogP contribution in [0.15, 0.2) is 24.3 Å². The number of carbonyl (C=O) groups is 1. The van der Waals surface area contributed by atoms with Crippen molar-refractivity contribution in [1.82, 2.24) is 10.2 Å². The van der Waals surface area contributed by atoms with E-state index < -0.39 is 0 Å². The molecule has 3 aliphatic rings. The molecule has 0 radical (unpaired) electrons. The SMILES string of the molecule is CC(C)CC(C)N(C(=O)[C@@H]1C=C2c3cccc4c3C(CN4)C[C@H]2NC1)C(C)C. The summed E-state index contributed by atoms with van der Waals surface area (Å²) in [5.74, 6) is 1.37. The van der Waals surface area contributed by atoms with Gasteiger partial charge < -0.3 is 15.5 Å². The Balaban J connectivity index is 1.64. The van der Waals surface area contributed by atoms with Crippen molar-refractivity contribution in [2.45, 2.75) is 71.5 Å². The van der Waals surface area contributed by atoms with Gasteiger partial charge >= 0.3 is 0 Å². The van der Waals surface area contributed by atoms with Crippen molar-refractivity contribution in [2.24, 2.45) is 11.8 Å². The van der Waals surface area contributed by atoms with Crippen LogP contribution in [0.3, 0.4) is 0 Å². The highest BCUT2D eigenvalue weighted by Gasteiger charge is 2.39. The van der Waals surface area contributed by atoms with E-state index in [-0.39, 0.29) is 23.9 Å². The summed E-state index contributed by atoms with van der Waals surface area (Å²) < 4.78 is 0. The molecule has 1 aromatic rings. The lowest BCUT2D eigenvalue weighted by Crippen LogP contribution is -2.51. The first kappa shape index (κ1) is 19.5. The second-order valence-electron chi connectivity index (χ2n) is 9.59. The second kappa shape index (κ2) is 7.55. The number of rotatable bonds is 5. The zero-order valence-electron chi connectivity index (χ0n) is 18.0. The molecule has 0 spiro atoms. The monoisotopic (exact) mass is 381 g/mol. The molecule has 0 fully saturated rings. The van der Waals surface area contributed by atoms with Crippen LogP contribution in [0.1, 0.15) is 64.5 Å². The Bertz CT molecular complexity index is 782. The summed E-state index contributed by atoms with van der Waals surface area (Å²) in [6.07, 6.45) is 4.45. The third-order valence-corrected chi connectivity index (χ3v) is 6.64. The molecule has 4 nitrogen and oxygen atoms in total. The molecule has 1 aromatic carbocycles. The lowest BCUT2D eigenvalue weighted by Gasteiger charge is -2.40. The predicted octanol–water partition coefficient (Wildman–Crippen LogP) is 4.24. The van der Waals surface area contributed by atoms with Gasteiger partial charge in [0.25, 0.3) is 0 Å². The van der Waals surface area contributed by atoms with E-state index in [1.165, 1.54) is 22.4 Å². The van der Waals surface area contributed by atoms with Crippen molar-refractivity contribution in [3.05, 3.63) is 35.4 Å². The summed E-state index contributed by atoms with van der Waals surface area (Å²) >= 11 is 0. The van der Waals surface area contributed by atoms with Crippen molar-refractivity contribution >= 4 is 17.2 Å². The highest BCUT2D eigenvalue weighted by Crippen LogP contribution is 2.46. The molecule has 28 heavy (non-hydrogen) atoms. The van der Waals surface area contributed by atoms with Crippen molar-refractivity contribution in [2.75, 3.05) is 18.4 Å². The van der Waals surface area contributed by atoms with Crippen LogP contribution in [-0.2, 0) is 4.79 Å². The Hall–Kier alpha value is -1.81. The van der Waals surface area contributed by atoms with Gasteiger partial charge in [-0.05, 0) is 62.3 Å². The first-order chi connectivity index (χ1) is 13.4. The minimum atomic E-state index is -0.0787. The maximum absolute atomic E-state index is 13.5. The molecule has 2 aliphatic heterocycles. The fourth-order valence-electron chi connectivity index (χ4n) is 5.62. The second-order valence-corrected chi connectivity index (χ2v) is 9.59. The number of amides is 1. The van der Waals surface area contributed by atoms with E-state index in [0.29, 0.717) is 17.9 Å². The van der Waals surface area contributed by atoms with E-state index in [1.807, 2.05) is 0 Å². The van der Waals surface area contributed by atoms with E-state index in [0.717, 1.165) is 25.9 Å². The average molecular weight is 382 g/mol. The molecule has 4 rings (SSSR count). The Morgan fingerprint density at radius 2 is 1.96 bits per heavy atom. The van der Waals surface area contributed by atoms with Crippen LogP contribution in [0.2, 0.25) is 0 Å². The summed E-state index contributed by atoms with van der Waals surface area (Å²) in [6, 6.07) is 7.43. The molecule has 0 saturated carbocycles. The van der Waals surface area contributed by atoms with Crippen LogP contribution in [0.4, 0.5) is 5.69 Å². The van der Waals surface area contributed by atoms with Crippen molar-refractivity contribution in [1.29, 1.82) is 0 Å². The van der Waals surface area contributed by atoms with Gasteiger partial charge in [-0.3, -0.25) is 4.79 Å². The number of nitrogens with one attached hydrogen (secondary N) is 2. The molecule has 4 atom stereocenters. The van der Waals surface area contributed by atoms with E-state index in [2.05, 4.69) is 74.4 Å². The van der Waals surface area contributed by atoms with Gasteiger partial charge in [-0.1, -0.05) is 32.1 Å². The van der Waals surface area contributed by atoms with Crippen LogP contribution in [0, 0.1) is 11.8 Å². The normalized spacial score (nSPS) is 26.4. The molecule has 1 aliphatic carbocycles. The van der Waals surface area contributed by atoms with E-state index in [1.54, 1.807) is 0 Å². The van der Waals surface area contributed by atoms with Crippen molar-refractivity contribution in [3.8, 4) is 0 Å². The Labute approximate surface area is 169 Å². The van der Waals surface area contributed by atoms with Crippen molar-refractivity contribution in [3.63, 3.8) is 0 Å². The maximum Gasteiger partial charge on any atom is 0.231 e. The third-order valence-electron chi connectivity index (χ3n) is 6.64. The molecule has 4 heteroatoms. The minimum absolute atomic E-state index is 0.0787. The fraction of sp³-hybridized carbons (Fsp3) is 0.625. The molecule has 152 valence electrons. The highest BCUT2D eigenvalue weighted by molar-refractivity contribution is 5.88. The standard InChI is InChI=1S/C24H35N3O/c1-14(2)9-16(5)27(15(3)4)24(28)18-10-20-19-7-6-8-21-23(19)17(12-25-21)11-22(20)26-13-18/h6-8,10,14-18,22,25-26H,9,11-13H2,1-5H3/t16?,17?,18-,22-/m1/s1. The first-order valence-electron chi connectivity index (χ1n) is 11.0. The molecular formula is C24H35N3O. The van der Waals surface area contributed by atoms with Crippen LogP contribution < -0.4 is 10.6 Å². The molecule has 0 aromatic heterocycles. The van der Waals surface area contributed by atoms with Gasteiger partial charge in [0.15, 0.2) is 0 Å². The summed E-state index contributed by atoms with van der Waals surface area (Å²) in [7, 11) is 0. The van der Waals surface area contributed by atoms with E-state index >= 15 is 0 Å². The Morgan fingerprint density at radius 3 is 2.68 bits per heavy atom. The van der Waals surface area contributed by atoms with Crippen LogP contribution in [-0.4, -0.2) is 42.0 Å². The van der Waals surface area contributed by atoms with Gasteiger partial charge in [0.2, 0.25) is 5.91 Å². The highest BCUT2D eigenvalue weighted by atomic mass is 16.2. The summed E-state index contributed by atoms with van der Waals surface area (Å²) in [5, 5.41) is 7.27. The number of hydrogen-bond acceptors (Lipinski definition) is 3. The zero-order valence-corrected chi connectivity index (χ0v) is 18.0. The van der Waals surface area contributed by atoms with Gasteiger partial charge in [0.1, 0.15) is 0 Å². The summed E-state index contributed by atoms with van der Waals surface area (Å²) in [5.41, 5.74) is 5.43. The lowest BCUT2D eigenvalue weighted by molar-refractivity contribution is -0.138. The molecule has 2 N–H and O–H groups in total. The van der Waals surface area contributed by atoms with E-state index in [9.17, 15) is 4.79 Å². The van der Waals surface area contributed by atoms with Crippen LogP contribution >= 0.6 is 0 Å². The number of hydrogen-bond donors (Lipinski definition) is 2. The molecule has 2 heterocycles. The third kappa shape index (κ3) is 3.36. The van der Waals surface area contributed by atoms with Gasteiger partial charge in [0, 0.05) is 42.8 Å². The number of benzene rings is 1. The maximum atomic E-state index is 13.5. The number of fused-ring (bicyclic) bond motifs is 2. The van der Waals surface area contributed by atoms with Crippen LogP contribution in [0.5, 0.6) is 0 Å². The van der Waals surface area contributed by atoms with Gasteiger partial charge in [-0.2, -0.15) is 0 Å². The van der Waals surface area contributed by atoms with Gasteiger partial charge in [0.05, 0.1) is 5.92 Å². The topological polar surface area (TPSA) is 44.4 Å². The molecule has 2 unspecified atom stereocenters. The number of carbonyl (C=O) groups excluding carboxylic acids is 1. The first-order valence-corrected chi connectivity index (χ1v) is 11.0. The number of anilines is 1. The predicted molar refractivity (Wildman–Crippen MR) is 116 cm³/mol. The van der Waals surface area contributed by atoms with Gasteiger partial charge in [-0.25, -0.2) is 0 Å². The smallest absolute Gasteiger partial charge is 0.231 e. The van der Waals surface area contributed by atoms with Crippen molar-refractivity contribution < 1.29 is 4.79 Å². The molecule has 0 saturated heterocycles.